The van der Waals surface area contributed by atoms with E-state index < -0.39 is 0 Å². The lowest BCUT2D eigenvalue weighted by Gasteiger charge is -2.10. The number of carbonyl (C=O) groups excluding carboxylic acids is 1. The molecule has 0 bridgehead atoms. The Morgan fingerprint density at radius 3 is 2.34 bits per heavy atom. The van der Waals surface area contributed by atoms with Gasteiger partial charge in [-0.3, -0.25) is 4.79 Å². The van der Waals surface area contributed by atoms with Gasteiger partial charge in [0.2, 0.25) is 0 Å². The molecule has 146 valence electrons. The summed E-state index contributed by atoms with van der Waals surface area (Å²) in [5.74, 6) is -0.337. The van der Waals surface area contributed by atoms with Gasteiger partial charge in [0.15, 0.2) is 0 Å². The van der Waals surface area contributed by atoms with Crippen LogP contribution in [0.25, 0.3) is 21.7 Å². The van der Waals surface area contributed by atoms with Crippen LogP contribution in [0.3, 0.4) is 0 Å². The van der Waals surface area contributed by atoms with Gasteiger partial charge in [0.1, 0.15) is 5.82 Å². The second kappa shape index (κ2) is 8.05. The average molecular weight is 405 g/mol. The van der Waals surface area contributed by atoms with Crippen LogP contribution in [-0.4, -0.2) is 10.9 Å². The van der Waals surface area contributed by atoms with Crippen LogP contribution in [0.2, 0.25) is 0 Å². The van der Waals surface area contributed by atoms with Crippen LogP contribution in [0.1, 0.15) is 35.8 Å². The van der Waals surface area contributed by atoms with Crippen LogP contribution >= 0.6 is 11.3 Å². The molecule has 4 rings (SSSR count). The van der Waals surface area contributed by atoms with E-state index in [0.717, 1.165) is 33.1 Å². The van der Waals surface area contributed by atoms with E-state index in [1.165, 1.54) is 12.1 Å². The highest BCUT2D eigenvalue weighted by atomic mass is 32.1. The summed E-state index contributed by atoms with van der Waals surface area (Å²) >= 11 is 1.58. The molecule has 0 saturated carbocycles. The average Bonchev–Trinajstić information content (AvgIpc) is 3.37. The van der Waals surface area contributed by atoms with Crippen LogP contribution in [0.5, 0.6) is 0 Å². The first-order valence-electron chi connectivity index (χ1n) is 9.46. The van der Waals surface area contributed by atoms with Gasteiger partial charge in [-0.15, -0.1) is 11.3 Å². The molecule has 0 radical (unpaired) electrons. The minimum absolute atomic E-state index is 0.111. The number of H-pyrrole nitrogens is 1. The summed E-state index contributed by atoms with van der Waals surface area (Å²) in [7, 11) is 0. The molecule has 1 amide bonds. The standard InChI is InChI=1S/C24H21FN2OS/c1-15(2)22-21(24(28)26-18-7-4-3-5-8-18)20(19-9-6-14-29-19)23(27-22)16-10-12-17(25)13-11-16/h3-15,27H,1-2H3,(H,26,28). The Morgan fingerprint density at radius 2 is 1.72 bits per heavy atom. The maximum atomic E-state index is 13.5. The summed E-state index contributed by atoms with van der Waals surface area (Å²) in [6, 6.07) is 19.7. The van der Waals surface area contributed by atoms with Gasteiger partial charge in [-0.05, 0) is 59.3 Å². The van der Waals surface area contributed by atoms with Gasteiger partial charge in [0.25, 0.3) is 5.91 Å². The number of anilines is 1. The third-order valence-electron chi connectivity index (χ3n) is 4.77. The smallest absolute Gasteiger partial charge is 0.258 e. The molecule has 2 heterocycles. The number of halogens is 1. The highest BCUT2D eigenvalue weighted by Crippen LogP contribution is 2.41. The van der Waals surface area contributed by atoms with Crippen LogP contribution in [0.15, 0.2) is 72.1 Å². The first-order chi connectivity index (χ1) is 14.0. The van der Waals surface area contributed by atoms with Gasteiger partial charge in [-0.2, -0.15) is 0 Å². The number of thiophene rings is 1. The number of nitrogens with one attached hydrogen (secondary N) is 2. The largest absolute Gasteiger partial charge is 0.357 e. The number of hydrogen-bond acceptors (Lipinski definition) is 2. The first-order valence-corrected chi connectivity index (χ1v) is 10.3. The van der Waals surface area contributed by atoms with Crippen molar-refractivity contribution in [3.05, 3.63) is 89.2 Å². The molecule has 0 unspecified atom stereocenters. The number of carbonyl (C=O) groups is 1. The van der Waals surface area contributed by atoms with E-state index in [9.17, 15) is 9.18 Å². The van der Waals surface area contributed by atoms with Crippen LogP contribution in [0.4, 0.5) is 10.1 Å². The lowest BCUT2D eigenvalue weighted by Crippen LogP contribution is -2.14. The third kappa shape index (κ3) is 3.87. The number of rotatable bonds is 5. The molecule has 5 heteroatoms. The summed E-state index contributed by atoms with van der Waals surface area (Å²) in [5.41, 5.74) is 4.76. The van der Waals surface area contributed by atoms with Crippen molar-refractivity contribution in [3.8, 4) is 21.7 Å². The van der Waals surface area contributed by atoms with E-state index in [0.29, 0.717) is 5.56 Å². The summed E-state index contributed by atoms with van der Waals surface area (Å²) in [5, 5.41) is 5.01. The third-order valence-corrected chi connectivity index (χ3v) is 5.65. The summed E-state index contributed by atoms with van der Waals surface area (Å²) in [6.07, 6.45) is 0. The van der Waals surface area contributed by atoms with Crippen molar-refractivity contribution >= 4 is 22.9 Å². The topological polar surface area (TPSA) is 44.9 Å². The van der Waals surface area contributed by atoms with E-state index in [-0.39, 0.29) is 17.6 Å². The minimum Gasteiger partial charge on any atom is -0.357 e. The maximum Gasteiger partial charge on any atom is 0.258 e. The molecule has 4 aromatic rings. The number of amides is 1. The lowest BCUT2D eigenvalue weighted by atomic mass is 9.98. The molecule has 0 saturated heterocycles. The number of para-hydroxylation sites is 1. The fourth-order valence-electron chi connectivity index (χ4n) is 3.40. The molecule has 0 fully saturated rings. The summed E-state index contributed by atoms with van der Waals surface area (Å²) in [6.45, 7) is 4.11. The molecule has 0 aliphatic carbocycles. The molecule has 2 aromatic carbocycles. The first kappa shape index (κ1) is 19.2. The van der Waals surface area contributed by atoms with Crippen molar-refractivity contribution in [1.82, 2.24) is 4.98 Å². The Labute approximate surface area is 173 Å². The zero-order valence-electron chi connectivity index (χ0n) is 16.2. The summed E-state index contributed by atoms with van der Waals surface area (Å²) in [4.78, 5) is 17.8. The van der Waals surface area contributed by atoms with Gasteiger partial charge < -0.3 is 10.3 Å². The Balaban J connectivity index is 1.90. The lowest BCUT2D eigenvalue weighted by molar-refractivity contribution is 0.102. The van der Waals surface area contributed by atoms with Crippen molar-refractivity contribution in [1.29, 1.82) is 0 Å². The van der Waals surface area contributed by atoms with E-state index >= 15 is 0 Å². The minimum atomic E-state index is -0.288. The second-order valence-corrected chi connectivity index (χ2v) is 8.07. The van der Waals surface area contributed by atoms with Crippen LogP contribution in [-0.2, 0) is 0 Å². The zero-order chi connectivity index (χ0) is 20.4. The monoisotopic (exact) mass is 404 g/mol. The molecular formula is C24H21FN2OS. The Hall–Kier alpha value is -3.18. The van der Waals surface area contributed by atoms with Crippen molar-refractivity contribution in [3.63, 3.8) is 0 Å². The predicted molar refractivity (Wildman–Crippen MR) is 118 cm³/mol. The number of aromatic nitrogens is 1. The van der Waals surface area contributed by atoms with Crippen molar-refractivity contribution in [2.75, 3.05) is 5.32 Å². The molecule has 3 nitrogen and oxygen atoms in total. The molecule has 0 spiro atoms. The fraction of sp³-hybridized carbons (Fsp3) is 0.125. The number of benzene rings is 2. The van der Waals surface area contributed by atoms with E-state index in [2.05, 4.69) is 24.1 Å². The zero-order valence-corrected chi connectivity index (χ0v) is 17.0. The quantitative estimate of drug-likeness (QED) is 0.372. The van der Waals surface area contributed by atoms with Gasteiger partial charge in [-0.1, -0.05) is 38.1 Å². The molecular weight excluding hydrogens is 383 g/mol. The summed E-state index contributed by atoms with van der Waals surface area (Å²) < 4.78 is 13.5. The van der Waals surface area contributed by atoms with Gasteiger partial charge >= 0.3 is 0 Å². The molecule has 0 aliphatic heterocycles. The fourth-order valence-corrected chi connectivity index (χ4v) is 4.19. The maximum absolute atomic E-state index is 13.5. The van der Waals surface area contributed by atoms with Crippen LogP contribution in [0, 0.1) is 5.82 Å². The molecule has 0 aliphatic rings. The van der Waals surface area contributed by atoms with E-state index in [1.54, 1.807) is 23.5 Å². The normalized spacial score (nSPS) is 11.0. The van der Waals surface area contributed by atoms with Gasteiger partial charge in [-0.25, -0.2) is 4.39 Å². The Kier molecular flexibility index (Phi) is 5.32. The number of hydrogen-bond donors (Lipinski definition) is 2. The Bertz CT molecular complexity index is 1110. The van der Waals surface area contributed by atoms with Crippen molar-refractivity contribution in [2.45, 2.75) is 19.8 Å². The van der Waals surface area contributed by atoms with Crippen molar-refractivity contribution in [2.24, 2.45) is 0 Å². The van der Waals surface area contributed by atoms with Gasteiger partial charge in [0.05, 0.1) is 11.3 Å². The molecule has 2 N–H and O–H groups in total. The van der Waals surface area contributed by atoms with E-state index in [4.69, 9.17) is 0 Å². The molecule has 29 heavy (non-hydrogen) atoms. The highest BCUT2D eigenvalue weighted by Gasteiger charge is 2.27. The Morgan fingerprint density at radius 1 is 1.00 bits per heavy atom. The van der Waals surface area contributed by atoms with Crippen molar-refractivity contribution < 1.29 is 9.18 Å². The van der Waals surface area contributed by atoms with Gasteiger partial charge in [0, 0.05) is 21.8 Å². The van der Waals surface area contributed by atoms with E-state index in [1.807, 2.05) is 47.8 Å². The predicted octanol–water partition coefficient (Wildman–Crippen LogP) is 6.93. The SMILES string of the molecule is CC(C)c1[nH]c(-c2ccc(F)cc2)c(-c2cccs2)c1C(=O)Nc1ccccc1. The second-order valence-electron chi connectivity index (χ2n) is 7.12. The van der Waals surface area contributed by atoms with Crippen LogP contribution < -0.4 is 5.32 Å². The molecule has 0 atom stereocenters. The number of aromatic amines is 1. The highest BCUT2D eigenvalue weighted by molar-refractivity contribution is 7.13. The molecule has 2 aromatic heterocycles.